The van der Waals surface area contributed by atoms with Gasteiger partial charge in [0.2, 0.25) is 10.0 Å². The van der Waals surface area contributed by atoms with Gasteiger partial charge in [-0.2, -0.15) is 0 Å². The zero-order valence-corrected chi connectivity index (χ0v) is 12.6. The lowest BCUT2D eigenvalue weighted by atomic mass is 9.98. The van der Waals surface area contributed by atoms with Crippen LogP contribution >= 0.6 is 0 Å². The molecule has 0 radical (unpaired) electrons. The van der Waals surface area contributed by atoms with Crippen molar-refractivity contribution < 1.29 is 22.3 Å². The van der Waals surface area contributed by atoms with E-state index in [0.717, 1.165) is 44.2 Å². The van der Waals surface area contributed by atoms with Crippen molar-refractivity contribution >= 4 is 16.0 Å². The molecule has 0 heterocycles. The fourth-order valence-electron chi connectivity index (χ4n) is 2.51. The highest BCUT2D eigenvalue weighted by molar-refractivity contribution is 7.89. The second-order valence-electron chi connectivity index (χ2n) is 5.31. The van der Waals surface area contributed by atoms with E-state index < -0.39 is 27.4 Å². The molecule has 1 saturated carbocycles. The van der Waals surface area contributed by atoms with E-state index in [-0.39, 0.29) is 16.6 Å². The van der Waals surface area contributed by atoms with Crippen LogP contribution in [0.1, 0.15) is 48.0 Å². The number of sulfonamides is 1. The van der Waals surface area contributed by atoms with Crippen molar-refractivity contribution in [3.63, 3.8) is 0 Å². The maximum Gasteiger partial charge on any atom is 0.341 e. The van der Waals surface area contributed by atoms with E-state index in [2.05, 4.69) is 0 Å². The minimum absolute atomic E-state index is 0.157. The van der Waals surface area contributed by atoms with E-state index in [1.54, 1.807) is 0 Å². The molecule has 0 atom stereocenters. The van der Waals surface area contributed by atoms with Crippen molar-refractivity contribution in [2.75, 3.05) is 0 Å². The maximum absolute atomic E-state index is 13.9. The van der Waals surface area contributed by atoms with Crippen LogP contribution < -0.4 is 5.14 Å². The molecule has 5 nitrogen and oxygen atoms in total. The van der Waals surface area contributed by atoms with Crippen LogP contribution in [0.2, 0.25) is 0 Å². The van der Waals surface area contributed by atoms with Gasteiger partial charge in [0.25, 0.3) is 0 Å². The summed E-state index contributed by atoms with van der Waals surface area (Å²) in [6.07, 6.45) is 4.31. The van der Waals surface area contributed by atoms with Crippen LogP contribution in [-0.2, 0) is 14.8 Å². The second kappa shape index (κ2) is 6.11. The fourth-order valence-corrected chi connectivity index (χ4v) is 3.30. The summed E-state index contributed by atoms with van der Waals surface area (Å²) in [5.41, 5.74) is -0.237. The summed E-state index contributed by atoms with van der Waals surface area (Å²) in [4.78, 5) is 11.8. The predicted molar refractivity (Wildman–Crippen MR) is 74.8 cm³/mol. The highest BCUT2D eigenvalue weighted by atomic mass is 32.2. The molecule has 0 saturated heterocycles. The number of esters is 1. The monoisotopic (exact) mass is 315 g/mol. The number of rotatable bonds is 3. The van der Waals surface area contributed by atoms with Gasteiger partial charge in [-0.05, 0) is 50.3 Å². The van der Waals surface area contributed by atoms with Gasteiger partial charge in [-0.25, -0.2) is 22.7 Å². The average molecular weight is 315 g/mol. The van der Waals surface area contributed by atoms with E-state index >= 15 is 0 Å². The number of carbonyl (C=O) groups is 1. The number of primary sulfonamides is 1. The van der Waals surface area contributed by atoms with Crippen LogP contribution in [0.4, 0.5) is 4.39 Å². The summed E-state index contributed by atoms with van der Waals surface area (Å²) in [6, 6.07) is 1.93. The van der Waals surface area contributed by atoms with E-state index in [1.165, 1.54) is 6.92 Å². The fraction of sp³-hybridized carbons (Fsp3) is 0.500. The van der Waals surface area contributed by atoms with Crippen molar-refractivity contribution in [3.8, 4) is 0 Å². The molecule has 21 heavy (non-hydrogen) atoms. The highest BCUT2D eigenvalue weighted by Gasteiger charge is 2.24. The Hall–Kier alpha value is -1.47. The molecular formula is C14H18FNO4S. The molecule has 0 amide bonds. The van der Waals surface area contributed by atoms with Gasteiger partial charge >= 0.3 is 5.97 Å². The maximum atomic E-state index is 13.9. The van der Waals surface area contributed by atoms with E-state index in [4.69, 9.17) is 9.88 Å². The minimum atomic E-state index is -4.01. The number of ether oxygens (including phenoxy) is 1. The Bertz CT molecular complexity index is 651. The molecule has 0 aromatic heterocycles. The average Bonchev–Trinajstić information content (AvgIpc) is 2.38. The normalized spacial score (nSPS) is 16.7. The molecule has 1 aliphatic rings. The Morgan fingerprint density at radius 1 is 1.29 bits per heavy atom. The summed E-state index contributed by atoms with van der Waals surface area (Å²) in [5.74, 6) is -1.65. The Labute approximate surface area is 123 Å². The molecule has 0 bridgehead atoms. The molecule has 2 rings (SSSR count). The highest BCUT2D eigenvalue weighted by Crippen LogP contribution is 2.24. The minimum Gasteiger partial charge on any atom is -0.459 e. The molecular weight excluding hydrogens is 297 g/mol. The third-order valence-electron chi connectivity index (χ3n) is 3.62. The van der Waals surface area contributed by atoms with Crippen LogP contribution in [-0.4, -0.2) is 20.5 Å². The van der Waals surface area contributed by atoms with Gasteiger partial charge in [0.15, 0.2) is 0 Å². The van der Waals surface area contributed by atoms with Crippen LogP contribution in [0.25, 0.3) is 0 Å². The molecule has 1 fully saturated rings. The number of hydrogen-bond acceptors (Lipinski definition) is 4. The molecule has 116 valence electrons. The molecule has 0 unspecified atom stereocenters. The third-order valence-corrected chi connectivity index (χ3v) is 4.67. The standard InChI is InChI=1S/C14H18FNO4S/c1-9-7-12(15)11(8-13(9)21(16,18)19)14(17)20-10-5-3-2-4-6-10/h7-8,10H,2-6H2,1H3,(H2,16,18,19). The van der Waals surface area contributed by atoms with Crippen molar-refractivity contribution in [2.24, 2.45) is 5.14 Å². The van der Waals surface area contributed by atoms with Crippen molar-refractivity contribution in [1.82, 2.24) is 0 Å². The van der Waals surface area contributed by atoms with E-state index in [0.29, 0.717) is 0 Å². The van der Waals surface area contributed by atoms with E-state index in [9.17, 15) is 17.6 Å². The van der Waals surface area contributed by atoms with Crippen LogP contribution in [0.15, 0.2) is 17.0 Å². The van der Waals surface area contributed by atoms with Gasteiger partial charge in [-0.3, -0.25) is 0 Å². The van der Waals surface area contributed by atoms with Gasteiger partial charge in [-0.1, -0.05) is 6.42 Å². The largest absolute Gasteiger partial charge is 0.459 e. The van der Waals surface area contributed by atoms with Crippen molar-refractivity contribution in [1.29, 1.82) is 0 Å². The number of hydrogen-bond donors (Lipinski definition) is 1. The molecule has 0 aliphatic heterocycles. The zero-order valence-electron chi connectivity index (χ0n) is 11.8. The van der Waals surface area contributed by atoms with Gasteiger partial charge in [0.05, 0.1) is 10.5 Å². The number of nitrogens with two attached hydrogens (primary N) is 1. The van der Waals surface area contributed by atoms with Gasteiger partial charge in [0.1, 0.15) is 11.9 Å². The van der Waals surface area contributed by atoms with Crippen molar-refractivity contribution in [3.05, 3.63) is 29.1 Å². The Morgan fingerprint density at radius 2 is 1.90 bits per heavy atom. The molecule has 1 aliphatic carbocycles. The second-order valence-corrected chi connectivity index (χ2v) is 6.84. The van der Waals surface area contributed by atoms with Gasteiger partial charge in [0, 0.05) is 0 Å². The number of benzene rings is 1. The van der Waals surface area contributed by atoms with Gasteiger partial charge < -0.3 is 4.74 Å². The SMILES string of the molecule is Cc1cc(F)c(C(=O)OC2CCCCC2)cc1S(N)(=O)=O. The lowest BCUT2D eigenvalue weighted by Gasteiger charge is -2.22. The Morgan fingerprint density at radius 3 is 2.48 bits per heavy atom. The first-order valence-electron chi connectivity index (χ1n) is 6.83. The molecule has 2 N–H and O–H groups in total. The number of halogens is 1. The summed E-state index contributed by atoms with van der Waals surface area (Å²) in [5, 5.41) is 5.06. The Kier molecular flexibility index (Phi) is 4.63. The zero-order chi connectivity index (χ0) is 15.6. The quantitative estimate of drug-likeness (QED) is 0.867. The number of carbonyl (C=O) groups excluding carboxylic acids is 1. The van der Waals surface area contributed by atoms with E-state index in [1.807, 2.05) is 0 Å². The van der Waals surface area contributed by atoms with Gasteiger partial charge in [-0.15, -0.1) is 0 Å². The van der Waals surface area contributed by atoms with Crippen LogP contribution in [0, 0.1) is 12.7 Å². The molecule has 7 heteroatoms. The molecule has 1 aromatic rings. The molecule has 1 aromatic carbocycles. The lowest BCUT2D eigenvalue weighted by molar-refractivity contribution is 0.0206. The third kappa shape index (κ3) is 3.79. The predicted octanol–water partition coefficient (Wildman–Crippen LogP) is 2.27. The summed E-state index contributed by atoms with van der Waals surface area (Å²) in [7, 11) is -4.01. The first-order valence-corrected chi connectivity index (χ1v) is 8.37. The smallest absolute Gasteiger partial charge is 0.341 e. The first kappa shape index (κ1) is 15.9. The first-order chi connectivity index (χ1) is 9.79. The molecule has 0 spiro atoms. The Balaban J connectivity index is 2.28. The lowest BCUT2D eigenvalue weighted by Crippen LogP contribution is -2.22. The van der Waals surface area contributed by atoms with Crippen molar-refractivity contribution in [2.45, 2.75) is 50.0 Å². The number of aryl methyl sites for hydroxylation is 1. The van der Waals surface area contributed by atoms with Crippen LogP contribution in [0.5, 0.6) is 0 Å². The topological polar surface area (TPSA) is 86.5 Å². The summed E-state index contributed by atoms with van der Waals surface area (Å²) < 4.78 is 42.0. The van der Waals surface area contributed by atoms with Crippen LogP contribution in [0.3, 0.4) is 0 Å². The summed E-state index contributed by atoms with van der Waals surface area (Å²) in [6.45, 7) is 1.42. The summed E-state index contributed by atoms with van der Waals surface area (Å²) >= 11 is 0.